The number of rotatable bonds is 7. The fourth-order valence-electron chi connectivity index (χ4n) is 2.23. The van der Waals surface area contributed by atoms with Gasteiger partial charge in [0, 0.05) is 23.6 Å². The minimum atomic E-state index is -3.74. The summed E-state index contributed by atoms with van der Waals surface area (Å²) in [5, 5.41) is 5.51. The topological polar surface area (TPSA) is 95.6 Å². The molecule has 1 aromatic heterocycles. The molecule has 140 valence electrons. The van der Waals surface area contributed by atoms with Crippen LogP contribution in [0, 0.1) is 0 Å². The highest BCUT2D eigenvalue weighted by Gasteiger charge is 2.40. The zero-order valence-electron chi connectivity index (χ0n) is 14.4. The van der Waals surface area contributed by atoms with Crippen LogP contribution in [0.3, 0.4) is 0 Å². The Morgan fingerprint density at radius 1 is 1.40 bits per heavy atom. The molecule has 1 fully saturated rings. The molecule has 1 saturated heterocycles. The Hall–Kier alpha value is -1.10. The predicted molar refractivity (Wildman–Crippen MR) is 99.9 cm³/mol. The average Bonchev–Trinajstić information content (AvgIpc) is 3.22. The van der Waals surface area contributed by atoms with E-state index < -0.39 is 16.1 Å². The molecule has 0 saturated carbocycles. The van der Waals surface area contributed by atoms with Gasteiger partial charge in [0.2, 0.25) is 11.8 Å². The molecule has 2 heterocycles. The van der Waals surface area contributed by atoms with Crippen molar-refractivity contribution in [3.05, 3.63) is 17.0 Å². The number of hydrogen-bond acceptors (Lipinski definition) is 6. The zero-order valence-corrected chi connectivity index (χ0v) is 16.9. The standard InChI is InChI=1S/C15H23N3O4S3/c1-4-10(2)17-15(20)13-8-23-9-18(13)25(21,22)14-6-5-12(24-14)7-16-11(3)19/h5-6,10,13H,4,7-9H2,1-3H3,(H,16,19)(H,17,20). The maximum atomic E-state index is 12.9. The summed E-state index contributed by atoms with van der Waals surface area (Å²) in [6.45, 7) is 5.56. The van der Waals surface area contributed by atoms with E-state index in [1.807, 2.05) is 13.8 Å². The van der Waals surface area contributed by atoms with E-state index >= 15 is 0 Å². The van der Waals surface area contributed by atoms with Gasteiger partial charge in [-0.2, -0.15) is 4.31 Å². The largest absolute Gasteiger partial charge is 0.352 e. The number of nitrogens with zero attached hydrogens (tertiary/aromatic N) is 1. The van der Waals surface area contributed by atoms with Gasteiger partial charge in [-0.25, -0.2) is 8.42 Å². The molecule has 10 heteroatoms. The normalized spacial score (nSPS) is 19.6. The van der Waals surface area contributed by atoms with Crippen molar-refractivity contribution >= 4 is 44.9 Å². The molecule has 2 unspecified atom stereocenters. The second kappa shape index (κ2) is 8.52. The number of sulfonamides is 1. The van der Waals surface area contributed by atoms with Crippen molar-refractivity contribution in [2.24, 2.45) is 0 Å². The van der Waals surface area contributed by atoms with Gasteiger partial charge in [-0.3, -0.25) is 9.59 Å². The molecular weight excluding hydrogens is 382 g/mol. The number of thiophene rings is 1. The SMILES string of the molecule is CCC(C)NC(=O)C1CSCN1S(=O)(=O)c1ccc(CNC(C)=O)s1. The monoisotopic (exact) mass is 405 g/mol. The first kappa shape index (κ1) is 20.2. The highest BCUT2D eigenvalue weighted by atomic mass is 32.2. The lowest BCUT2D eigenvalue weighted by atomic mass is 10.2. The number of carbonyl (C=O) groups is 2. The van der Waals surface area contributed by atoms with Gasteiger partial charge in [-0.1, -0.05) is 6.92 Å². The lowest BCUT2D eigenvalue weighted by Gasteiger charge is -2.23. The molecule has 1 aliphatic rings. The Morgan fingerprint density at radius 2 is 2.12 bits per heavy atom. The van der Waals surface area contributed by atoms with E-state index in [1.54, 1.807) is 6.07 Å². The van der Waals surface area contributed by atoms with Gasteiger partial charge in [0.25, 0.3) is 10.0 Å². The van der Waals surface area contributed by atoms with Gasteiger partial charge in [-0.15, -0.1) is 23.1 Å². The number of thioether (sulfide) groups is 1. The summed E-state index contributed by atoms with van der Waals surface area (Å²) in [7, 11) is -3.74. The molecule has 0 bridgehead atoms. The van der Waals surface area contributed by atoms with Gasteiger partial charge in [0.05, 0.1) is 12.4 Å². The third-order valence-electron chi connectivity index (χ3n) is 3.86. The van der Waals surface area contributed by atoms with Crippen molar-refractivity contribution in [1.29, 1.82) is 0 Å². The lowest BCUT2D eigenvalue weighted by molar-refractivity contribution is -0.124. The van der Waals surface area contributed by atoms with Crippen molar-refractivity contribution in [3.63, 3.8) is 0 Å². The quantitative estimate of drug-likeness (QED) is 0.714. The van der Waals surface area contributed by atoms with Crippen LogP contribution in [0.1, 0.15) is 32.1 Å². The molecule has 0 aromatic carbocycles. The Kier molecular flexibility index (Phi) is 6.89. The van der Waals surface area contributed by atoms with Gasteiger partial charge < -0.3 is 10.6 Å². The molecule has 0 aliphatic carbocycles. The molecule has 2 rings (SSSR count). The molecule has 7 nitrogen and oxygen atoms in total. The van der Waals surface area contributed by atoms with Crippen LogP contribution in [0.25, 0.3) is 0 Å². The van der Waals surface area contributed by atoms with E-state index in [4.69, 9.17) is 0 Å². The Bertz CT molecular complexity index is 732. The lowest BCUT2D eigenvalue weighted by Crippen LogP contribution is -2.49. The Morgan fingerprint density at radius 3 is 2.76 bits per heavy atom. The summed E-state index contributed by atoms with van der Waals surface area (Å²) in [5.74, 6) is 0.291. The van der Waals surface area contributed by atoms with Crippen molar-refractivity contribution in [2.75, 3.05) is 11.6 Å². The molecule has 2 N–H and O–H groups in total. The first-order valence-electron chi connectivity index (χ1n) is 7.98. The van der Waals surface area contributed by atoms with Gasteiger partial charge >= 0.3 is 0 Å². The summed E-state index contributed by atoms with van der Waals surface area (Å²) in [5.41, 5.74) is 0. The summed E-state index contributed by atoms with van der Waals surface area (Å²) < 4.78 is 27.3. The summed E-state index contributed by atoms with van der Waals surface area (Å²) in [6.07, 6.45) is 0.787. The molecule has 2 amide bonds. The van der Waals surface area contributed by atoms with Crippen LogP contribution >= 0.6 is 23.1 Å². The van der Waals surface area contributed by atoms with Crippen LogP contribution in [0.5, 0.6) is 0 Å². The minimum absolute atomic E-state index is 0.00801. The number of amides is 2. The summed E-state index contributed by atoms with van der Waals surface area (Å²) in [6, 6.07) is 2.54. The first-order chi connectivity index (χ1) is 11.8. The van der Waals surface area contributed by atoms with E-state index in [0.717, 1.165) is 22.6 Å². The van der Waals surface area contributed by atoms with E-state index in [-0.39, 0.29) is 27.9 Å². The van der Waals surface area contributed by atoms with Crippen LogP contribution < -0.4 is 10.6 Å². The molecule has 2 atom stereocenters. The van der Waals surface area contributed by atoms with E-state index in [0.29, 0.717) is 12.3 Å². The molecule has 0 spiro atoms. The highest BCUT2D eigenvalue weighted by molar-refractivity contribution is 8.01. The first-order valence-corrected chi connectivity index (χ1v) is 11.4. The molecule has 1 aromatic rings. The Balaban J connectivity index is 2.14. The third kappa shape index (κ3) is 4.96. The van der Waals surface area contributed by atoms with E-state index in [1.165, 1.54) is 29.1 Å². The second-order valence-electron chi connectivity index (χ2n) is 5.86. The highest BCUT2D eigenvalue weighted by Crippen LogP contribution is 2.32. The fraction of sp³-hybridized carbons (Fsp3) is 0.600. The summed E-state index contributed by atoms with van der Waals surface area (Å²) in [4.78, 5) is 24.1. The van der Waals surface area contributed by atoms with Gasteiger partial charge in [0.15, 0.2) is 0 Å². The second-order valence-corrected chi connectivity index (χ2v) is 10.1. The molecule has 0 radical (unpaired) electrons. The van der Waals surface area contributed by atoms with Crippen molar-refractivity contribution in [2.45, 2.75) is 50.0 Å². The average molecular weight is 406 g/mol. The van der Waals surface area contributed by atoms with Crippen LogP contribution in [0.15, 0.2) is 16.3 Å². The van der Waals surface area contributed by atoms with Crippen molar-refractivity contribution < 1.29 is 18.0 Å². The van der Waals surface area contributed by atoms with Crippen molar-refractivity contribution in [3.8, 4) is 0 Å². The van der Waals surface area contributed by atoms with Gasteiger partial charge in [0.1, 0.15) is 10.3 Å². The maximum absolute atomic E-state index is 12.9. The van der Waals surface area contributed by atoms with Gasteiger partial charge in [-0.05, 0) is 25.5 Å². The van der Waals surface area contributed by atoms with Crippen LogP contribution in [0.4, 0.5) is 0 Å². The number of nitrogens with one attached hydrogen (secondary N) is 2. The minimum Gasteiger partial charge on any atom is -0.352 e. The number of hydrogen-bond donors (Lipinski definition) is 2. The molecule has 25 heavy (non-hydrogen) atoms. The van der Waals surface area contributed by atoms with E-state index in [2.05, 4.69) is 10.6 Å². The van der Waals surface area contributed by atoms with Crippen LogP contribution in [-0.2, 0) is 26.2 Å². The van der Waals surface area contributed by atoms with Crippen LogP contribution in [-0.4, -0.2) is 48.3 Å². The van der Waals surface area contributed by atoms with Crippen LogP contribution in [0.2, 0.25) is 0 Å². The zero-order chi connectivity index (χ0) is 18.6. The maximum Gasteiger partial charge on any atom is 0.254 e. The van der Waals surface area contributed by atoms with Crippen molar-refractivity contribution in [1.82, 2.24) is 14.9 Å². The molecule has 1 aliphatic heterocycles. The van der Waals surface area contributed by atoms with E-state index in [9.17, 15) is 18.0 Å². The molecular formula is C15H23N3O4S3. The predicted octanol–water partition coefficient (Wildman–Crippen LogP) is 1.36. The summed E-state index contributed by atoms with van der Waals surface area (Å²) >= 11 is 2.54. The Labute approximate surface area is 156 Å². The smallest absolute Gasteiger partial charge is 0.254 e. The number of carbonyl (C=O) groups excluding carboxylic acids is 2. The fourth-order valence-corrected chi connectivity index (χ4v) is 6.80. The third-order valence-corrected chi connectivity index (χ3v) is 8.44.